The van der Waals surface area contributed by atoms with Gasteiger partial charge < -0.3 is 20.1 Å². The minimum absolute atomic E-state index is 0.0311. The molecule has 2 heterocycles. The molecule has 8 heteroatoms. The molecule has 33 heavy (non-hydrogen) atoms. The summed E-state index contributed by atoms with van der Waals surface area (Å²) in [6.07, 6.45) is 2.58. The maximum Gasteiger partial charge on any atom is 0.387 e. The third-order valence-electron chi connectivity index (χ3n) is 6.24. The predicted octanol–water partition coefficient (Wildman–Crippen LogP) is 3.52. The van der Waals surface area contributed by atoms with Crippen LogP contribution in [0.15, 0.2) is 48.5 Å². The molecular formula is C25H31F2N3O3. The second-order valence-corrected chi connectivity index (χ2v) is 8.56. The highest BCUT2D eigenvalue weighted by atomic mass is 19.3. The van der Waals surface area contributed by atoms with E-state index in [0.717, 1.165) is 43.7 Å². The Labute approximate surface area is 193 Å². The summed E-state index contributed by atoms with van der Waals surface area (Å²) in [4.78, 5) is 15.0. The Balaban J connectivity index is 1.44. The number of alkyl halides is 2. The van der Waals surface area contributed by atoms with Gasteiger partial charge in [-0.25, -0.2) is 0 Å². The van der Waals surface area contributed by atoms with Crippen molar-refractivity contribution in [2.75, 3.05) is 32.8 Å². The number of nitrogens with zero attached hydrogens (tertiary/aromatic N) is 1. The Morgan fingerprint density at radius 1 is 1.09 bits per heavy atom. The molecule has 1 fully saturated rings. The van der Waals surface area contributed by atoms with E-state index in [4.69, 9.17) is 4.74 Å². The molecule has 0 saturated carbocycles. The number of rotatable bonds is 4. The smallest absolute Gasteiger partial charge is 0.387 e. The fourth-order valence-corrected chi connectivity index (χ4v) is 4.58. The Hall–Kier alpha value is -2.71. The van der Waals surface area contributed by atoms with E-state index in [0.29, 0.717) is 32.2 Å². The highest BCUT2D eigenvalue weighted by Crippen LogP contribution is 2.34. The van der Waals surface area contributed by atoms with Crippen molar-refractivity contribution < 1.29 is 23.0 Å². The predicted molar refractivity (Wildman–Crippen MR) is 122 cm³/mol. The number of carbonyl (C=O) groups is 1. The fraction of sp³-hybridized carbons (Fsp3) is 0.480. The van der Waals surface area contributed by atoms with Crippen LogP contribution in [0.3, 0.4) is 0 Å². The Morgan fingerprint density at radius 3 is 2.73 bits per heavy atom. The molecule has 1 amide bonds. The van der Waals surface area contributed by atoms with Crippen LogP contribution in [0.5, 0.6) is 11.5 Å². The molecule has 1 saturated heterocycles. The van der Waals surface area contributed by atoms with Gasteiger partial charge in [-0.3, -0.25) is 9.69 Å². The summed E-state index contributed by atoms with van der Waals surface area (Å²) in [5.41, 5.74) is 2.17. The maximum absolute atomic E-state index is 12.8. The van der Waals surface area contributed by atoms with Gasteiger partial charge in [0.1, 0.15) is 11.5 Å². The van der Waals surface area contributed by atoms with Crippen molar-refractivity contribution in [3.63, 3.8) is 0 Å². The zero-order valence-corrected chi connectivity index (χ0v) is 18.6. The van der Waals surface area contributed by atoms with E-state index >= 15 is 0 Å². The molecule has 2 aliphatic heterocycles. The van der Waals surface area contributed by atoms with Crippen LogP contribution in [0.4, 0.5) is 8.78 Å². The van der Waals surface area contributed by atoms with Crippen molar-refractivity contribution in [3.8, 4) is 11.5 Å². The van der Waals surface area contributed by atoms with E-state index in [2.05, 4.69) is 26.3 Å². The van der Waals surface area contributed by atoms with E-state index < -0.39 is 6.61 Å². The summed E-state index contributed by atoms with van der Waals surface area (Å²) in [6.45, 7) is 1.24. The molecule has 2 atom stereocenters. The number of carbonyl (C=O) groups excluding carboxylic acids is 1. The molecular weight excluding hydrogens is 428 g/mol. The maximum atomic E-state index is 12.8. The number of para-hydroxylation sites is 1. The molecule has 0 aromatic heterocycles. The molecule has 0 spiro atoms. The number of ether oxygens (including phenoxy) is 2. The molecule has 2 aromatic carbocycles. The largest absolute Gasteiger partial charge is 0.493 e. The lowest BCUT2D eigenvalue weighted by Crippen LogP contribution is -2.49. The number of hydrogen-bond acceptors (Lipinski definition) is 5. The van der Waals surface area contributed by atoms with E-state index in [1.165, 1.54) is 5.56 Å². The van der Waals surface area contributed by atoms with Crippen LogP contribution >= 0.6 is 0 Å². The molecule has 2 aromatic rings. The van der Waals surface area contributed by atoms with Gasteiger partial charge >= 0.3 is 6.61 Å². The fourth-order valence-electron chi connectivity index (χ4n) is 4.58. The molecule has 2 aliphatic rings. The van der Waals surface area contributed by atoms with Crippen molar-refractivity contribution in [1.29, 1.82) is 0 Å². The van der Waals surface area contributed by atoms with Gasteiger partial charge in [0.25, 0.3) is 0 Å². The van der Waals surface area contributed by atoms with Crippen LogP contribution < -0.4 is 20.1 Å². The molecule has 0 unspecified atom stereocenters. The number of amides is 1. The van der Waals surface area contributed by atoms with Crippen molar-refractivity contribution in [3.05, 3.63) is 59.7 Å². The van der Waals surface area contributed by atoms with Crippen LogP contribution in [0.2, 0.25) is 0 Å². The Morgan fingerprint density at radius 2 is 1.91 bits per heavy atom. The topological polar surface area (TPSA) is 62.8 Å². The number of fused-ring (bicyclic) bond motifs is 4. The highest BCUT2D eigenvalue weighted by molar-refractivity contribution is 5.82. The monoisotopic (exact) mass is 459 g/mol. The van der Waals surface area contributed by atoms with Gasteiger partial charge in [0.15, 0.2) is 0 Å². The number of nitrogens with one attached hydrogen (secondary N) is 2. The van der Waals surface area contributed by atoms with Crippen molar-refractivity contribution >= 4 is 5.91 Å². The van der Waals surface area contributed by atoms with Gasteiger partial charge in [-0.15, -0.1) is 0 Å². The third-order valence-corrected chi connectivity index (χ3v) is 6.24. The molecule has 2 N–H and O–H groups in total. The first-order valence-electron chi connectivity index (χ1n) is 11.6. The zero-order chi connectivity index (χ0) is 23.0. The lowest BCUT2D eigenvalue weighted by atomic mass is 9.85. The van der Waals surface area contributed by atoms with Crippen LogP contribution in [-0.2, 0) is 11.3 Å². The minimum Gasteiger partial charge on any atom is -0.493 e. The molecule has 6 nitrogen and oxygen atoms in total. The molecule has 0 aliphatic carbocycles. The normalized spacial score (nSPS) is 22.6. The molecule has 2 bridgehead atoms. The number of piperidine rings is 1. The number of halogens is 2. The van der Waals surface area contributed by atoms with Gasteiger partial charge in [0.2, 0.25) is 5.91 Å². The summed E-state index contributed by atoms with van der Waals surface area (Å²) >= 11 is 0. The summed E-state index contributed by atoms with van der Waals surface area (Å²) in [5, 5.41) is 6.43. The van der Waals surface area contributed by atoms with E-state index in [1.807, 2.05) is 18.2 Å². The summed E-state index contributed by atoms with van der Waals surface area (Å²) in [6, 6.07) is 14.6. The third kappa shape index (κ3) is 6.65. The summed E-state index contributed by atoms with van der Waals surface area (Å²) in [7, 11) is 0. The number of hydrogen-bond donors (Lipinski definition) is 2. The van der Waals surface area contributed by atoms with Gasteiger partial charge in [0.05, 0.1) is 12.6 Å². The van der Waals surface area contributed by atoms with Crippen LogP contribution in [-0.4, -0.2) is 56.2 Å². The Bertz CT molecular complexity index is 910. The van der Waals surface area contributed by atoms with E-state index in [1.54, 1.807) is 24.3 Å². The average Bonchev–Trinajstić information content (AvgIpc) is 2.82. The van der Waals surface area contributed by atoms with Gasteiger partial charge in [0, 0.05) is 26.2 Å². The molecule has 0 radical (unpaired) electrons. The van der Waals surface area contributed by atoms with Gasteiger partial charge in [-0.2, -0.15) is 8.78 Å². The molecule has 178 valence electrons. The van der Waals surface area contributed by atoms with Crippen LogP contribution in [0.1, 0.15) is 36.3 Å². The highest BCUT2D eigenvalue weighted by Gasteiger charge is 2.29. The standard InChI is InChI=1S/C25H31F2N3O3/c26-25(27)33-20-8-6-18(7-9-20)17-30-13-3-15-32-23-5-2-1-4-21(23)19-10-11-28-22(16-19)24(31)29-12-14-30/h1-2,4-9,19,22,25,28H,3,10-17H2,(H,29,31)/t19-,22+/m0/s1. The van der Waals surface area contributed by atoms with E-state index in [-0.39, 0.29) is 17.7 Å². The second kappa shape index (κ2) is 11.4. The van der Waals surface area contributed by atoms with Gasteiger partial charge in [-0.05, 0) is 61.1 Å². The van der Waals surface area contributed by atoms with Crippen molar-refractivity contribution in [2.24, 2.45) is 0 Å². The summed E-state index contributed by atoms with van der Waals surface area (Å²) in [5.74, 6) is 1.38. The lowest BCUT2D eigenvalue weighted by Gasteiger charge is -2.31. The number of benzene rings is 2. The average molecular weight is 460 g/mol. The van der Waals surface area contributed by atoms with E-state index in [9.17, 15) is 13.6 Å². The second-order valence-electron chi connectivity index (χ2n) is 8.56. The van der Waals surface area contributed by atoms with Crippen LogP contribution in [0.25, 0.3) is 0 Å². The SMILES string of the molecule is O=C1NCCN(Cc2ccc(OC(F)F)cc2)CCCOc2ccccc2[C@H]2CCN[C@@H]1C2. The first-order valence-corrected chi connectivity index (χ1v) is 11.6. The zero-order valence-electron chi connectivity index (χ0n) is 18.6. The first kappa shape index (κ1) is 23.4. The van der Waals surface area contributed by atoms with Crippen molar-refractivity contribution in [2.45, 2.75) is 44.4 Å². The lowest BCUT2D eigenvalue weighted by molar-refractivity contribution is -0.123. The minimum atomic E-state index is -2.83. The Kier molecular flexibility index (Phi) is 8.12. The first-order chi connectivity index (χ1) is 16.1. The van der Waals surface area contributed by atoms with Crippen molar-refractivity contribution in [1.82, 2.24) is 15.5 Å². The summed E-state index contributed by atoms with van der Waals surface area (Å²) < 4.78 is 35.4. The van der Waals surface area contributed by atoms with Gasteiger partial charge in [-0.1, -0.05) is 30.3 Å². The van der Waals surface area contributed by atoms with Crippen LogP contribution in [0, 0.1) is 0 Å². The molecule has 4 rings (SSSR count). The quantitative estimate of drug-likeness (QED) is 0.733.